The van der Waals surface area contributed by atoms with Gasteiger partial charge in [-0.15, -0.1) is 0 Å². The minimum atomic E-state index is -0.319. The molecule has 7 nitrogen and oxygen atoms in total. The predicted molar refractivity (Wildman–Crippen MR) is 72.8 cm³/mol. The fourth-order valence-electron chi connectivity index (χ4n) is 1.88. The van der Waals surface area contributed by atoms with Crippen molar-refractivity contribution in [3.05, 3.63) is 52.7 Å². The molecule has 20 heavy (non-hydrogen) atoms. The Bertz CT molecular complexity index is 855. The molecule has 0 fully saturated rings. The van der Waals surface area contributed by atoms with Crippen LogP contribution in [0.2, 0.25) is 0 Å². The van der Waals surface area contributed by atoms with Crippen molar-refractivity contribution in [3.63, 3.8) is 0 Å². The number of anilines is 2. The molecule has 0 aliphatic rings. The van der Waals surface area contributed by atoms with Crippen LogP contribution in [0.3, 0.4) is 0 Å². The van der Waals surface area contributed by atoms with Crippen LogP contribution in [0.1, 0.15) is 5.56 Å². The number of nitriles is 1. The second-order valence-corrected chi connectivity index (χ2v) is 4.22. The number of H-pyrrole nitrogens is 1. The van der Waals surface area contributed by atoms with Gasteiger partial charge in [0.25, 0.3) is 0 Å². The lowest BCUT2D eigenvalue weighted by molar-refractivity contribution is 0.986. The van der Waals surface area contributed by atoms with E-state index in [0.29, 0.717) is 17.0 Å². The van der Waals surface area contributed by atoms with Crippen LogP contribution >= 0.6 is 0 Å². The van der Waals surface area contributed by atoms with E-state index in [2.05, 4.69) is 21.3 Å². The van der Waals surface area contributed by atoms with Gasteiger partial charge in [-0.05, 0) is 24.3 Å². The highest BCUT2D eigenvalue weighted by atomic mass is 16.1. The maximum Gasteiger partial charge on any atom is 0.348 e. The Balaban J connectivity index is 2.00. The van der Waals surface area contributed by atoms with Crippen LogP contribution in [0.5, 0.6) is 0 Å². The summed E-state index contributed by atoms with van der Waals surface area (Å²) in [5.41, 5.74) is 1.67. The monoisotopic (exact) mass is 266 g/mol. The average Bonchev–Trinajstić information content (AvgIpc) is 2.87. The fraction of sp³-hybridized carbons (Fsp3) is 0.0769. The molecule has 0 bridgehead atoms. The van der Waals surface area contributed by atoms with Crippen molar-refractivity contribution in [3.8, 4) is 6.07 Å². The highest BCUT2D eigenvalue weighted by molar-refractivity contribution is 5.62. The largest absolute Gasteiger partial charge is 0.348 e. The zero-order valence-corrected chi connectivity index (χ0v) is 10.6. The number of fused-ring (bicyclic) bond motifs is 1. The van der Waals surface area contributed by atoms with Crippen molar-refractivity contribution in [2.45, 2.75) is 0 Å². The van der Waals surface area contributed by atoms with Crippen LogP contribution in [0.15, 0.2) is 41.5 Å². The summed E-state index contributed by atoms with van der Waals surface area (Å²) >= 11 is 0. The van der Waals surface area contributed by atoms with Gasteiger partial charge >= 0.3 is 5.69 Å². The minimum absolute atomic E-state index is 0.319. The number of hydrogen-bond donors (Lipinski definition) is 1. The summed E-state index contributed by atoms with van der Waals surface area (Å²) < 4.78 is 1.33. The smallest absolute Gasteiger partial charge is 0.329 e. The first-order valence-corrected chi connectivity index (χ1v) is 5.86. The second-order valence-electron chi connectivity index (χ2n) is 4.22. The number of nitrogens with zero attached hydrogens (tertiary/aromatic N) is 5. The van der Waals surface area contributed by atoms with Crippen molar-refractivity contribution in [2.75, 3.05) is 11.9 Å². The van der Waals surface area contributed by atoms with Crippen molar-refractivity contribution in [1.29, 1.82) is 5.26 Å². The third kappa shape index (κ3) is 1.89. The van der Waals surface area contributed by atoms with E-state index in [1.807, 2.05) is 24.1 Å². The number of benzene rings is 1. The molecule has 7 heteroatoms. The summed E-state index contributed by atoms with van der Waals surface area (Å²) in [5.74, 6) is 0.654. The van der Waals surface area contributed by atoms with E-state index >= 15 is 0 Å². The van der Waals surface area contributed by atoms with E-state index in [9.17, 15) is 4.79 Å². The van der Waals surface area contributed by atoms with Gasteiger partial charge < -0.3 is 4.90 Å². The lowest BCUT2D eigenvalue weighted by Gasteiger charge is -2.17. The van der Waals surface area contributed by atoms with Gasteiger partial charge in [-0.3, -0.25) is 0 Å². The van der Waals surface area contributed by atoms with Crippen molar-refractivity contribution >= 4 is 17.2 Å². The lowest BCUT2D eigenvalue weighted by Crippen LogP contribution is -2.14. The molecule has 0 aliphatic heterocycles. The summed E-state index contributed by atoms with van der Waals surface area (Å²) in [6.07, 6.45) is 1.43. The zero-order valence-electron chi connectivity index (χ0n) is 10.6. The molecule has 3 rings (SSSR count). The second kappa shape index (κ2) is 4.51. The maximum absolute atomic E-state index is 11.4. The van der Waals surface area contributed by atoms with Crippen molar-refractivity contribution in [2.24, 2.45) is 0 Å². The Morgan fingerprint density at radius 3 is 2.80 bits per heavy atom. The van der Waals surface area contributed by atoms with E-state index < -0.39 is 0 Å². The molecule has 0 unspecified atom stereocenters. The van der Waals surface area contributed by atoms with E-state index in [4.69, 9.17) is 5.26 Å². The van der Waals surface area contributed by atoms with Gasteiger partial charge in [0.05, 0.1) is 11.6 Å². The first-order valence-electron chi connectivity index (χ1n) is 5.86. The first kappa shape index (κ1) is 11.9. The predicted octanol–water partition coefficient (Wildman–Crippen LogP) is 1.06. The molecular formula is C13H10N6O. The van der Waals surface area contributed by atoms with E-state index in [1.54, 1.807) is 18.2 Å². The zero-order chi connectivity index (χ0) is 14.1. The molecule has 1 aromatic carbocycles. The molecule has 3 aromatic rings. The Hall–Kier alpha value is -3.14. The number of nitrogens with one attached hydrogen (secondary N) is 1. The molecule has 1 N–H and O–H groups in total. The van der Waals surface area contributed by atoms with Gasteiger partial charge in [-0.25, -0.2) is 19.3 Å². The summed E-state index contributed by atoms with van der Waals surface area (Å²) in [7, 11) is 1.85. The van der Waals surface area contributed by atoms with Gasteiger partial charge in [-0.2, -0.15) is 10.4 Å². The molecule has 0 atom stereocenters. The topological polar surface area (TPSA) is 90.1 Å². The summed E-state index contributed by atoms with van der Waals surface area (Å²) in [6.45, 7) is 0. The Kier molecular flexibility index (Phi) is 2.69. The van der Waals surface area contributed by atoms with Crippen LogP contribution in [0, 0.1) is 11.3 Å². The molecule has 0 saturated heterocycles. The van der Waals surface area contributed by atoms with Crippen LogP contribution in [0.25, 0.3) is 5.65 Å². The maximum atomic E-state index is 11.4. The van der Waals surface area contributed by atoms with Gasteiger partial charge in [0.1, 0.15) is 12.1 Å². The van der Waals surface area contributed by atoms with Crippen molar-refractivity contribution < 1.29 is 0 Å². The Morgan fingerprint density at radius 2 is 2.10 bits per heavy atom. The molecule has 2 aromatic heterocycles. The lowest BCUT2D eigenvalue weighted by atomic mass is 10.2. The SMILES string of the molecule is CN(c1ccc(C#N)cc1)c1cc2n[nH]c(=O)n2cn1. The van der Waals surface area contributed by atoms with Crippen molar-refractivity contribution in [1.82, 2.24) is 19.6 Å². The van der Waals surface area contributed by atoms with Crippen LogP contribution in [-0.4, -0.2) is 26.6 Å². The summed E-state index contributed by atoms with van der Waals surface area (Å²) in [4.78, 5) is 17.4. The first-order chi connectivity index (χ1) is 9.69. The standard InChI is InChI=1S/C13H10N6O/c1-18(10-4-2-9(7-14)3-5-10)11-6-12-16-17-13(20)19(12)8-15-11/h2-6,8H,1H3,(H,17,20). The summed E-state index contributed by atoms with van der Waals surface area (Å²) in [6, 6.07) is 10.9. The van der Waals surface area contributed by atoms with Gasteiger partial charge in [0.2, 0.25) is 0 Å². The average molecular weight is 266 g/mol. The normalized spacial score (nSPS) is 10.4. The molecule has 2 heterocycles. The van der Waals surface area contributed by atoms with Crippen LogP contribution in [-0.2, 0) is 0 Å². The van der Waals surface area contributed by atoms with Gasteiger partial charge in [0, 0.05) is 18.8 Å². The Labute approximate surface area is 113 Å². The number of rotatable bonds is 2. The molecular weight excluding hydrogens is 256 g/mol. The summed E-state index contributed by atoms with van der Waals surface area (Å²) in [5, 5.41) is 15.0. The van der Waals surface area contributed by atoms with Gasteiger partial charge in [0.15, 0.2) is 5.65 Å². The molecule has 0 radical (unpaired) electrons. The van der Waals surface area contributed by atoms with E-state index in [-0.39, 0.29) is 5.69 Å². The number of aromatic nitrogens is 4. The number of hydrogen-bond acceptors (Lipinski definition) is 5. The third-order valence-corrected chi connectivity index (χ3v) is 3.02. The van der Waals surface area contributed by atoms with Gasteiger partial charge in [-0.1, -0.05) is 0 Å². The molecule has 0 saturated carbocycles. The third-order valence-electron chi connectivity index (χ3n) is 3.02. The number of aromatic amines is 1. The molecule has 0 amide bonds. The minimum Gasteiger partial charge on any atom is -0.329 e. The van der Waals surface area contributed by atoms with E-state index in [0.717, 1.165) is 5.69 Å². The Morgan fingerprint density at radius 1 is 1.35 bits per heavy atom. The van der Waals surface area contributed by atoms with Crippen LogP contribution in [0.4, 0.5) is 11.5 Å². The van der Waals surface area contributed by atoms with E-state index in [1.165, 1.54) is 10.7 Å². The quantitative estimate of drug-likeness (QED) is 0.749. The van der Waals surface area contributed by atoms with Crippen LogP contribution < -0.4 is 10.6 Å². The highest BCUT2D eigenvalue weighted by Gasteiger charge is 2.08. The molecule has 0 spiro atoms. The molecule has 98 valence electrons. The highest BCUT2D eigenvalue weighted by Crippen LogP contribution is 2.21. The molecule has 0 aliphatic carbocycles. The fourth-order valence-corrected chi connectivity index (χ4v) is 1.88.